The summed E-state index contributed by atoms with van der Waals surface area (Å²) in [5, 5.41) is 40.1. The molecule has 0 spiro atoms. The van der Waals surface area contributed by atoms with Crippen LogP contribution in [0.1, 0.15) is 243 Å². The number of hydrogen-bond donors (Lipinski definition) is 6. The molecular weight excluding hydrogens is 1830 g/mol. The minimum absolute atomic E-state index is 0. The Morgan fingerprint density at radius 1 is 0.432 bits per heavy atom. The Morgan fingerprint density at radius 3 is 1.01 bits per heavy atom. The first-order valence-corrected chi connectivity index (χ1v) is 39.3. The molecule has 0 bridgehead atoms. The van der Waals surface area contributed by atoms with Gasteiger partial charge in [-0.05, 0) is 123 Å². The molecule has 5 aliphatic rings. The average Bonchev–Trinajstić information content (AvgIpc) is 0.749. The number of anilines is 4. The molecule has 0 amide bonds. The molecule has 0 radical (unpaired) electrons. The van der Waals surface area contributed by atoms with Crippen molar-refractivity contribution >= 4 is 179 Å². The number of benzene rings is 6. The number of rotatable bonds is 10. The van der Waals surface area contributed by atoms with Crippen molar-refractivity contribution < 1.29 is 122 Å². The van der Waals surface area contributed by atoms with Crippen molar-refractivity contribution in [1.29, 1.82) is 0 Å². The standard InChI is InChI=1S/C15H13N3O5.3C15H15N3O3.C9H6N2O4.C7H6N2O4.C6H9NO2.C4H6O3.CH4NP.6CH4/c1-8-16-10-3-2-4-12(18(22)23)14(10)15(21)17(8)11-6-5-9(19)7-13(11)20;3*1-8-17-11-4-2-3-10(16)14(11)15(21)18(8)12-6-5-9(19)7-13(12)20;1-5-10-6-3-2-4-7(11(13)14)8(6)9(12)15-5;8-4-2-1-3-5(9(12)13)6(4)7(10)11;7-5-2-1-4(8)3-6(5)9;1-3(5)7-4(2)6;1-2-3;;;;;;/h2-4,11H,5-7H2,1H3;3*2-4,12H,5-7,16H2,1H3;2-4H,1H3;1-3H,8H2,(H,10,11);5H,1-3,7H2;1-2H3;3H,1H3;6*1H4/i5*1D3;;;1D3;;;;;;;/hD4. The fourth-order valence-corrected chi connectivity index (χ4v) is 14.0. The van der Waals surface area contributed by atoms with Crippen molar-refractivity contribution in [3.63, 3.8) is 0 Å². The Balaban J connectivity index is 0.000000629. The van der Waals surface area contributed by atoms with E-state index in [1.165, 1.54) is 84.9 Å². The van der Waals surface area contributed by atoms with Crippen molar-refractivity contribution in [2.75, 3.05) is 30.0 Å². The zero-order valence-electron chi connectivity index (χ0n) is 91.4. The lowest BCUT2D eigenvalue weighted by Gasteiger charge is -2.24. The second-order valence-corrected chi connectivity index (χ2v) is 29.3. The number of esters is 2. The molecule has 46 heteroatoms. The Hall–Kier alpha value is -16.2. The van der Waals surface area contributed by atoms with Crippen molar-refractivity contribution in [2.45, 2.75) is 219 Å². The molecule has 16 rings (SSSR count). The third-order valence-electron chi connectivity index (χ3n) is 20.0. The van der Waals surface area contributed by atoms with Crippen LogP contribution in [0.5, 0.6) is 0 Å². The van der Waals surface area contributed by atoms with Gasteiger partial charge in [-0.15, -0.1) is 0 Å². The van der Waals surface area contributed by atoms with Crippen molar-refractivity contribution in [1.82, 2.24) is 43.2 Å². The number of fused-ring (bicyclic) bond motifs is 5. The lowest BCUT2D eigenvalue weighted by atomic mass is 9.92. The maximum Gasteiger partial charge on any atom is 0.353 e. The predicted molar refractivity (Wildman–Crippen MR) is 522 cm³/mol. The molecule has 5 fully saturated rings. The van der Waals surface area contributed by atoms with Gasteiger partial charge in [-0.3, -0.25) is 130 Å². The largest absolute Gasteiger partial charge is 0.477 e. The lowest BCUT2D eigenvalue weighted by molar-refractivity contribution is -0.385. The fourth-order valence-electron chi connectivity index (χ4n) is 14.0. The molecule has 0 saturated heterocycles. The van der Waals surface area contributed by atoms with Gasteiger partial charge in [0.2, 0.25) is 0 Å². The maximum atomic E-state index is 13.1. The smallest absolute Gasteiger partial charge is 0.353 e. The van der Waals surface area contributed by atoms with Crippen molar-refractivity contribution in [2.24, 2.45) is 10.5 Å². The number of nitro groups is 3. The van der Waals surface area contributed by atoms with E-state index < -0.39 is 207 Å². The normalized spacial score (nSPS) is 18.9. The van der Waals surface area contributed by atoms with Gasteiger partial charge in [0.1, 0.15) is 57.6 Å². The van der Waals surface area contributed by atoms with Crippen LogP contribution in [-0.4, -0.2) is 152 Å². The van der Waals surface area contributed by atoms with Crippen molar-refractivity contribution in [3.05, 3.63) is 226 Å². The van der Waals surface area contributed by atoms with Gasteiger partial charge in [0.05, 0.1) is 127 Å². The van der Waals surface area contributed by atoms with E-state index in [9.17, 15) is 117 Å². The summed E-state index contributed by atoms with van der Waals surface area (Å²) in [5.41, 5.74) is 10.5. The quantitative estimate of drug-likeness (QED) is 0.0185. The Kier molecular flexibility index (Phi) is 32.4. The Bertz CT molecular complexity index is 7710. The zero-order chi connectivity index (χ0) is 117. The molecule has 0 aliphatic heterocycles. The number of ketones is 10. The summed E-state index contributed by atoms with van der Waals surface area (Å²) in [7, 11) is 4.47. The van der Waals surface area contributed by atoms with Gasteiger partial charge < -0.3 is 42.9 Å². The highest BCUT2D eigenvalue weighted by Gasteiger charge is 2.36. The van der Waals surface area contributed by atoms with Gasteiger partial charge in [-0.2, -0.15) is 0 Å². The van der Waals surface area contributed by atoms with Crippen LogP contribution in [0.15, 0.2) is 142 Å². The van der Waals surface area contributed by atoms with Gasteiger partial charge in [-0.25, -0.2) is 34.5 Å². The number of carbonyl (C=O) groups excluding carboxylic acids is 12. The van der Waals surface area contributed by atoms with Crippen LogP contribution in [0.25, 0.3) is 54.5 Å². The van der Waals surface area contributed by atoms with Gasteiger partial charge in [0.15, 0.2) is 51.4 Å². The molecular formula is C93H113N18O27P. The number of hydrogen-bond acceptors (Lipinski definition) is 37. The summed E-state index contributed by atoms with van der Waals surface area (Å²) in [4.78, 5) is 260. The molecule has 5 atom stereocenters. The molecule has 6 aromatic carbocycles. The predicted octanol–water partition coefficient (Wildman–Crippen LogP) is 11.7. The summed E-state index contributed by atoms with van der Waals surface area (Å²) >= 11 is 0. The molecule has 5 heterocycles. The van der Waals surface area contributed by atoms with Crippen molar-refractivity contribution in [3.8, 4) is 0 Å². The second-order valence-electron chi connectivity index (χ2n) is 28.9. The highest BCUT2D eigenvalue weighted by molar-refractivity contribution is 7.03. The van der Waals surface area contributed by atoms with Crippen LogP contribution in [0.2, 0.25) is 5.65 Å². The molecule has 5 aliphatic carbocycles. The second kappa shape index (κ2) is 52.6. The molecule has 139 heavy (non-hydrogen) atoms. The molecule has 742 valence electrons. The number of Topliss-reactive ketones (excluding diaryl/α,β-unsaturated/α-hetero) is 10. The molecule has 5 aromatic heterocycles. The van der Waals surface area contributed by atoms with Crippen LogP contribution < -0.4 is 56.5 Å². The summed E-state index contributed by atoms with van der Waals surface area (Å²) in [6, 6.07) is 19.4. The van der Waals surface area contributed by atoms with Crippen LogP contribution in [0.3, 0.4) is 0 Å². The number of carboxylic acids is 1. The number of carboxylic acid groups (broad SMARTS) is 1. The summed E-state index contributed by atoms with van der Waals surface area (Å²) < 4.78 is 177. The van der Waals surface area contributed by atoms with E-state index in [0.717, 1.165) is 38.8 Å². The number of aromatic nitrogens is 9. The first-order valence-electron chi connectivity index (χ1n) is 49.6. The summed E-state index contributed by atoms with van der Waals surface area (Å²) in [5.74, 6) is -9.96. The van der Waals surface area contributed by atoms with Gasteiger partial charge in [0, 0.05) is 120 Å². The number of ether oxygens (including phenoxy) is 1. The number of carbonyl (C=O) groups is 13. The Labute approximate surface area is 827 Å². The highest BCUT2D eigenvalue weighted by Crippen LogP contribution is 2.32. The molecule has 11 N–H and O–H groups in total. The van der Waals surface area contributed by atoms with Crippen LogP contribution >= 0.6 is 9.03 Å². The van der Waals surface area contributed by atoms with Crippen LogP contribution in [-0.2, 0) is 62.3 Å². The lowest BCUT2D eigenvalue weighted by Crippen LogP contribution is -2.36. The molecule has 45 nitrogen and oxygen atoms in total. The highest BCUT2D eigenvalue weighted by atomic mass is 31.0. The zero-order valence-corrected chi connectivity index (χ0v) is 70.4. The van der Waals surface area contributed by atoms with E-state index in [2.05, 4.69) is 47.9 Å². The number of nitrogens with zero attached hydrogens (tertiary/aromatic N) is 13. The van der Waals surface area contributed by atoms with Crippen LogP contribution in [0.4, 0.5) is 39.8 Å². The monoisotopic (exact) mass is 1970 g/mol. The average molecular weight is 1970 g/mol. The summed E-state index contributed by atoms with van der Waals surface area (Å²) in [6.07, 6.45) is -0.0433. The topological polar surface area (TPSA) is 706 Å². The molecule has 5 unspecified atom stereocenters. The van der Waals surface area contributed by atoms with Gasteiger partial charge in [0.25, 0.3) is 39.3 Å². The molecule has 11 aromatic rings. The Morgan fingerprint density at radius 2 is 0.719 bits per heavy atom. The minimum atomic E-state index is -2.84. The number of aryl methyl sites for hydroxylation is 5. The van der Waals surface area contributed by atoms with Gasteiger partial charge in [-0.1, -0.05) is 81.0 Å². The summed E-state index contributed by atoms with van der Waals surface area (Å²) in [6.45, 7) is -15.6. The third kappa shape index (κ3) is 29.2. The van der Waals surface area contributed by atoms with E-state index in [1.807, 2.05) is 0 Å². The fraction of sp³-hybridized carbons (Fsp3) is 0.366. The number of nitrogen functional groups attached to an aromatic ring is 4. The molecule has 5 saturated carbocycles. The SMILES string of the molecule is C.C.C.C.C.C.CN=P.NC1CCC(=O)CC1=O.Nc1cccc([N+](=O)[O-])c1C(=O)O.[2H]C([2H])([2H])C(=O)OC(C)=O.[2H]C([2H])([2H])c1nc2cccc(N)c2c(=O)n1C1CCC(=O)CC1=O.[2H]C([2H])([2H])c1nc2cccc([N+](=O)[O-])c2c(=O)n1C1CCC(=O)CC1=O.[2H]C([2H])([2H])c1nc2cccc([N+](=O)[O-])c2c(=O)o1.[2H]N([2H])c1cccc2nc(C([2H])([2H])[2H])n(C3CCC(=O)CC3=O)c(=O)c12.[2H]N([2H])c1cccc2nc(C([2H])([2H])[2H])n(C3CCC(=O)CC3=O)c(=O)c12. The number of aromatic carboxylic acids is 1. The van der Waals surface area contributed by atoms with E-state index in [-0.39, 0.29) is 251 Å². The number of nitro benzene ring substituents is 3. The number of non-ortho nitro benzene ring substituents is 2. The van der Waals surface area contributed by atoms with E-state index in [1.54, 1.807) is 13.1 Å². The number of nitrogens with two attached hydrogens (primary N) is 5. The maximum absolute atomic E-state index is 13.1. The first-order chi connectivity index (χ1) is 71.8. The van der Waals surface area contributed by atoms with Gasteiger partial charge >= 0.3 is 23.5 Å². The van der Waals surface area contributed by atoms with Crippen LogP contribution in [0, 0.1) is 64.6 Å². The van der Waals surface area contributed by atoms with E-state index >= 15 is 0 Å². The van der Waals surface area contributed by atoms with E-state index in [4.69, 9.17) is 52.6 Å². The first kappa shape index (κ1) is 85.7. The third-order valence-corrected chi connectivity index (χ3v) is 20.0. The van der Waals surface area contributed by atoms with E-state index in [0.29, 0.717) is 17.4 Å². The minimum Gasteiger partial charge on any atom is -0.477 e.